The smallest absolute Gasteiger partial charge is 0.353 e. The quantitative estimate of drug-likeness (QED) is 0.152. The molecular formula is C20H20FN3O7S. The maximum Gasteiger partial charge on any atom is 0.353 e. The number of aryl methyl sites for hydroxylation is 2. The first kappa shape index (κ1) is 24.5. The lowest BCUT2D eigenvalue weighted by molar-refractivity contribution is -0.147. The molecule has 1 heterocycles. The molecule has 0 saturated heterocycles. The van der Waals surface area contributed by atoms with Crippen molar-refractivity contribution in [1.29, 1.82) is 5.41 Å². The second-order valence-electron chi connectivity index (χ2n) is 6.72. The van der Waals surface area contributed by atoms with Crippen LogP contribution < -0.4 is 15.8 Å². The summed E-state index contributed by atoms with van der Waals surface area (Å²) in [5, 5.41) is 27.1. The topological polar surface area (TPSA) is 180 Å². The summed E-state index contributed by atoms with van der Waals surface area (Å²) in [6.07, 6.45) is -0.698. The van der Waals surface area contributed by atoms with E-state index in [4.69, 9.17) is 26.1 Å². The molecule has 0 aliphatic rings. The number of carboxylic acid groups (broad SMARTS) is 2. The maximum absolute atomic E-state index is 14.1. The van der Waals surface area contributed by atoms with E-state index in [-0.39, 0.29) is 34.9 Å². The van der Waals surface area contributed by atoms with Crippen molar-refractivity contribution < 1.29 is 38.5 Å². The highest BCUT2D eigenvalue weighted by molar-refractivity contribution is 7.14. The van der Waals surface area contributed by atoms with Crippen LogP contribution in [0.4, 0.5) is 4.39 Å². The monoisotopic (exact) mass is 465 g/mol. The van der Waals surface area contributed by atoms with Crippen LogP contribution in [-0.2, 0) is 20.8 Å². The molecule has 0 spiro atoms. The fraction of sp³-hybridized carbons (Fsp3) is 0.250. The second kappa shape index (κ2) is 10.5. The van der Waals surface area contributed by atoms with Crippen molar-refractivity contribution in [1.82, 2.24) is 5.32 Å². The number of hydrogen-bond donors (Lipinski definition) is 5. The molecule has 1 aromatic heterocycles. The minimum Gasteiger partial charge on any atom is -0.481 e. The Balaban J connectivity index is 2.01. The van der Waals surface area contributed by atoms with Gasteiger partial charge in [-0.05, 0) is 43.2 Å². The van der Waals surface area contributed by atoms with Gasteiger partial charge in [-0.15, -0.1) is 11.3 Å². The van der Waals surface area contributed by atoms with Crippen molar-refractivity contribution in [3.05, 3.63) is 51.0 Å². The van der Waals surface area contributed by atoms with E-state index in [1.807, 2.05) is 0 Å². The lowest BCUT2D eigenvalue weighted by Gasteiger charge is -2.12. The third-order valence-corrected chi connectivity index (χ3v) is 5.54. The van der Waals surface area contributed by atoms with Gasteiger partial charge < -0.3 is 26.0 Å². The number of carbonyl (C=O) groups is 4. The molecule has 0 aliphatic heterocycles. The van der Waals surface area contributed by atoms with E-state index in [0.717, 1.165) is 17.4 Å². The SMILES string of the molecule is Cc1cc(C(=O)Oc2ccc(C(=N)N)cc2F)sc1CCC(=O)NC(CC(=O)O)C(=O)O. The van der Waals surface area contributed by atoms with Crippen LogP contribution >= 0.6 is 11.3 Å². The number of esters is 1. The molecule has 32 heavy (non-hydrogen) atoms. The van der Waals surface area contributed by atoms with Crippen LogP contribution in [0.15, 0.2) is 24.3 Å². The van der Waals surface area contributed by atoms with E-state index in [2.05, 4.69) is 5.32 Å². The van der Waals surface area contributed by atoms with E-state index in [9.17, 15) is 23.6 Å². The number of nitrogen functional groups attached to an aromatic ring is 1. The van der Waals surface area contributed by atoms with E-state index in [0.29, 0.717) is 10.4 Å². The molecule has 1 aromatic carbocycles. The van der Waals surface area contributed by atoms with Gasteiger partial charge in [0, 0.05) is 16.9 Å². The van der Waals surface area contributed by atoms with Crippen molar-refractivity contribution in [2.75, 3.05) is 0 Å². The average molecular weight is 465 g/mol. The zero-order valence-corrected chi connectivity index (χ0v) is 17.6. The van der Waals surface area contributed by atoms with Crippen LogP contribution in [0.25, 0.3) is 0 Å². The van der Waals surface area contributed by atoms with Crippen LogP contribution in [0.5, 0.6) is 5.75 Å². The highest BCUT2D eigenvalue weighted by atomic mass is 32.1. The second-order valence-corrected chi connectivity index (χ2v) is 7.86. The summed E-state index contributed by atoms with van der Waals surface area (Å²) in [5.41, 5.74) is 6.11. The minimum atomic E-state index is -1.54. The molecule has 2 rings (SSSR count). The number of thiophene rings is 1. The average Bonchev–Trinajstić information content (AvgIpc) is 3.07. The number of nitrogens with two attached hydrogens (primary N) is 1. The molecule has 0 saturated carbocycles. The fourth-order valence-corrected chi connectivity index (χ4v) is 3.69. The number of amides is 1. The molecule has 10 nitrogen and oxygen atoms in total. The number of nitrogens with one attached hydrogen (secondary N) is 2. The molecule has 1 atom stereocenters. The summed E-state index contributed by atoms with van der Waals surface area (Å²) >= 11 is 1.04. The number of benzene rings is 1. The normalized spacial score (nSPS) is 11.4. The molecule has 1 unspecified atom stereocenters. The number of carbonyl (C=O) groups excluding carboxylic acids is 2. The molecule has 0 aliphatic carbocycles. The fourth-order valence-electron chi connectivity index (χ4n) is 2.64. The van der Waals surface area contributed by atoms with Crippen molar-refractivity contribution in [2.24, 2.45) is 5.73 Å². The third kappa shape index (κ3) is 6.60. The zero-order valence-electron chi connectivity index (χ0n) is 16.8. The third-order valence-electron chi connectivity index (χ3n) is 4.26. The predicted molar refractivity (Wildman–Crippen MR) is 112 cm³/mol. The van der Waals surface area contributed by atoms with Gasteiger partial charge in [0.1, 0.15) is 16.8 Å². The van der Waals surface area contributed by atoms with Crippen LogP contribution in [0.1, 0.15) is 38.5 Å². The number of halogens is 1. The summed E-state index contributed by atoms with van der Waals surface area (Å²) in [6, 6.07) is 3.48. The Kier molecular flexibility index (Phi) is 8.02. The van der Waals surface area contributed by atoms with Gasteiger partial charge in [0.15, 0.2) is 11.6 Å². The molecule has 12 heteroatoms. The summed E-state index contributed by atoms with van der Waals surface area (Å²) in [7, 11) is 0. The van der Waals surface area contributed by atoms with E-state index in [1.54, 1.807) is 6.92 Å². The maximum atomic E-state index is 14.1. The standard InChI is InChI=1S/C20H20FN3O7S/c1-9-6-15(20(30)31-13-3-2-10(18(22)23)7-11(13)21)32-14(9)4-5-16(25)24-12(19(28)29)8-17(26)27/h2-3,6-7,12H,4-5,8H2,1H3,(H3,22,23)(H,24,25)(H,26,27)(H,28,29). The molecule has 1 amide bonds. The first-order valence-electron chi connectivity index (χ1n) is 9.17. The van der Waals surface area contributed by atoms with Gasteiger partial charge in [-0.1, -0.05) is 0 Å². The highest BCUT2D eigenvalue weighted by Crippen LogP contribution is 2.26. The Morgan fingerprint density at radius 3 is 2.50 bits per heavy atom. The Hall–Kier alpha value is -3.80. The summed E-state index contributed by atoms with van der Waals surface area (Å²) in [6.45, 7) is 1.70. The van der Waals surface area contributed by atoms with Gasteiger partial charge in [-0.25, -0.2) is 14.0 Å². The van der Waals surface area contributed by atoms with Crippen LogP contribution in [-0.4, -0.2) is 45.9 Å². The van der Waals surface area contributed by atoms with E-state index in [1.165, 1.54) is 18.2 Å². The van der Waals surface area contributed by atoms with E-state index < -0.39 is 42.1 Å². The number of ether oxygens (including phenoxy) is 1. The van der Waals surface area contributed by atoms with Crippen LogP contribution in [0, 0.1) is 18.2 Å². The summed E-state index contributed by atoms with van der Waals surface area (Å²) in [5.74, 6) is -5.79. The number of aliphatic carboxylic acids is 2. The highest BCUT2D eigenvalue weighted by Gasteiger charge is 2.23. The van der Waals surface area contributed by atoms with Crippen molar-refractivity contribution in [3.63, 3.8) is 0 Å². The first-order chi connectivity index (χ1) is 15.0. The van der Waals surface area contributed by atoms with Gasteiger partial charge in [0.25, 0.3) is 0 Å². The van der Waals surface area contributed by atoms with Crippen molar-refractivity contribution in [2.45, 2.75) is 32.2 Å². The number of hydrogen-bond acceptors (Lipinski definition) is 7. The molecule has 0 radical (unpaired) electrons. The van der Waals surface area contributed by atoms with Gasteiger partial charge >= 0.3 is 17.9 Å². The summed E-state index contributed by atoms with van der Waals surface area (Å²) in [4.78, 5) is 46.9. The lowest BCUT2D eigenvalue weighted by Crippen LogP contribution is -2.42. The lowest BCUT2D eigenvalue weighted by atomic mass is 10.1. The van der Waals surface area contributed by atoms with Crippen LogP contribution in [0.3, 0.4) is 0 Å². The Bertz CT molecular complexity index is 1080. The van der Waals surface area contributed by atoms with Crippen molar-refractivity contribution >= 4 is 41.0 Å². The molecule has 6 N–H and O–H groups in total. The van der Waals surface area contributed by atoms with Crippen LogP contribution in [0.2, 0.25) is 0 Å². The number of carboxylic acids is 2. The molecular weight excluding hydrogens is 445 g/mol. The van der Waals surface area contributed by atoms with Gasteiger partial charge in [0.2, 0.25) is 5.91 Å². The van der Waals surface area contributed by atoms with E-state index >= 15 is 0 Å². The summed E-state index contributed by atoms with van der Waals surface area (Å²) < 4.78 is 19.1. The minimum absolute atomic E-state index is 0.125. The van der Waals surface area contributed by atoms with Gasteiger partial charge in [-0.3, -0.25) is 15.0 Å². The molecule has 2 aromatic rings. The predicted octanol–water partition coefficient (Wildman–Crippen LogP) is 1.68. The molecule has 0 fully saturated rings. The van der Waals surface area contributed by atoms with Gasteiger partial charge in [-0.2, -0.15) is 0 Å². The van der Waals surface area contributed by atoms with Gasteiger partial charge in [0.05, 0.1) is 6.42 Å². The Labute approximate surface area is 185 Å². The van der Waals surface area contributed by atoms with Crippen molar-refractivity contribution in [3.8, 4) is 5.75 Å². The molecule has 170 valence electrons. The Morgan fingerprint density at radius 2 is 1.94 bits per heavy atom. The number of rotatable bonds is 10. The number of amidine groups is 1. The Morgan fingerprint density at radius 1 is 1.25 bits per heavy atom. The first-order valence-corrected chi connectivity index (χ1v) is 9.99. The zero-order chi connectivity index (χ0) is 24.0. The molecule has 0 bridgehead atoms. The largest absolute Gasteiger partial charge is 0.481 e.